The van der Waals surface area contributed by atoms with E-state index >= 15 is 0 Å². The second-order valence-electron chi connectivity index (χ2n) is 3.60. The SMILES string of the molecule is Cc1ccc(C(=O)Cc2nccs2)cc1N. The zero-order valence-electron chi connectivity index (χ0n) is 8.93. The van der Waals surface area contributed by atoms with Crippen LogP contribution in [0.15, 0.2) is 29.8 Å². The maximum atomic E-state index is 11.9. The standard InChI is InChI=1S/C12H12N2OS/c1-8-2-3-9(6-10(8)13)11(15)7-12-14-4-5-16-12/h2-6H,7,13H2,1H3. The molecule has 0 aliphatic carbocycles. The van der Waals surface area contributed by atoms with Gasteiger partial charge in [-0.3, -0.25) is 4.79 Å². The molecule has 0 radical (unpaired) electrons. The van der Waals surface area contributed by atoms with Gasteiger partial charge in [0.2, 0.25) is 0 Å². The summed E-state index contributed by atoms with van der Waals surface area (Å²) in [6.45, 7) is 1.92. The largest absolute Gasteiger partial charge is 0.398 e. The van der Waals surface area contributed by atoms with Gasteiger partial charge in [0.25, 0.3) is 0 Å². The number of carbonyl (C=O) groups is 1. The highest BCUT2D eigenvalue weighted by atomic mass is 32.1. The lowest BCUT2D eigenvalue weighted by Crippen LogP contribution is -2.04. The van der Waals surface area contributed by atoms with Gasteiger partial charge in [-0.15, -0.1) is 11.3 Å². The van der Waals surface area contributed by atoms with E-state index < -0.39 is 0 Å². The van der Waals surface area contributed by atoms with Crippen molar-refractivity contribution in [2.24, 2.45) is 0 Å². The second-order valence-corrected chi connectivity index (χ2v) is 4.58. The molecule has 1 heterocycles. The van der Waals surface area contributed by atoms with Gasteiger partial charge in [-0.25, -0.2) is 4.98 Å². The highest BCUT2D eigenvalue weighted by Gasteiger charge is 2.09. The zero-order valence-corrected chi connectivity index (χ0v) is 9.75. The summed E-state index contributed by atoms with van der Waals surface area (Å²) in [5.41, 5.74) is 8.07. The number of thiazole rings is 1. The molecule has 0 saturated carbocycles. The number of nitrogens with zero attached hydrogens (tertiary/aromatic N) is 1. The average Bonchev–Trinajstić information content (AvgIpc) is 2.74. The summed E-state index contributed by atoms with van der Waals surface area (Å²) < 4.78 is 0. The predicted molar refractivity (Wildman–Crippen MR) is 65.7 cm³/mol. The summed E-state index contributed by atoms with van der Waals surface area (Å²) >= 11 is 1.49. The number of nitrogen functional groups attached to an aromatic ring is 1. The van der Waals surface area contributed by atoms with Crippen molar-refractivity contribution in [3.05, 3.63) is 45.9 Å². The number of aryl methyl sites for hydroxylation is 1. The van der Waals surface area contributed by atoms with Gasteiger partial charge in [0.05, 0.1) is 6.42 Å². The van der Waals surface area contributed by atoms with E-state index in [1.165, 1.54) is 11.3 Å². The molecule has 2 rings (SSSR count). The van der Waals surface area contributed by atoms with Gasteiger partial charge < -0.3 is 5.73 Å². The van der Waals surface area contributed by atoms with Crippen molar-refractivity contribution in [1.82, 2.24) is 4.98 Å². The summed E-state index contributed by atoms with van der Waals surface area (Å²) in [6.07, 6.45) is 2.05. The molecule has 0 aliphatic heterocycles. The first-order chi connectivity index (χ1) is 7.66. The summed E-state index contributed by atoms with van der Waals surface area (Å²) in [5, 5.41) is 2.70. The molecular formula is C12H12N2OS. The lowest BCUT2D eigenvalue weighted by molar-refractivity contribution is 0.0993. The molecule has 0 spiro atoms. The van der Waals surface area contributed by atoms with Crippen molar-refractivity contribution in [2.45, 2.75) is 13.3 Å². The monoisotopic (exact) mass is 232 g/mol. The summed E-state index contributed by atoms with van der Waals surface area (Å²) in [6, 6.07) is 5.40. The number of carbonyl (C=O) groups excluding carboxylic acids is 1. The number of anilines is 1. The third-order valence-corrected chi connectivity index (χ3v) is 3.18. The van der Waals surface area contributed by atoms with Gasteiger partial charge >= 0.3 is 0 Å². The molecule has 0 atom stereocenters. The van der Waals surface area contributed by atoms with E-state index in [-0.39, 0.29) is 5.78 Å². The Bertz CT molecular complexity index is 506. The molecule has 4 heteroatoms. The van der Waals surface area contributed by atoms with Crippen molar-refractivity contribution in [1.29, 1.82) is 0 Å². The number of hydrogen-bond donors (Lipinski definition) is 1. The first-order valence-electron chi connectivity index (χ1n) is 4.94. The van der Waals surface area contributed by atoms with E-state index in [2.05, 4.69) is 4.98 Å². The fourth-order valence-corrected chi connectivity index (χ4v) is 2.01. The van der Waals surface area contributed by atoms with Gasteiger partial charge in [0.15, 0.2) is 5.78 Å². The summed E-state index contributed by atoms with van der Waals surface area (Å²) in [7, 11) is 0. The number of ketones is 1. The van der Waals surface area contributed by atoms with Gasteiger partial charge in [-0.05, 0) is 18.6 Å². The highest BCUT2D eigenvalue weighted by Crippen LogP contribution is 2.15. The summed E-state index contributed by atoms with van der Waals surface area (Å²) in [5.74, 6) is 0.0571. The van der Waals surface area contributed by atoms with Crippen LogP contribution in [0.1, 0.15) is 20.9 Å². The van der Waals surface area contributed by atoms with Crippen molar-refractivity contribution in [3.8, 4) is 0 Å². The molecule has 0 bridgehead atoms. The topological polar surface area (TPSA) is 56.0 Å². The van der Waals surface area contributed by atoms with Crippen LogP contribution in [-0.4, -0.2) is 10.8 Å². The van der Waals surface area contributed by atoms with Gasteiger partial charge in [-0.1, -0.05) is 12.1 Å². The van der Waals surface area contributed by atoms with Gasteiger partial charge in [0, 0.05) is 22.8 Å². The molecular weight excluding hydrogens is 220 g/mol. The Balaban J connectivity index is 2.18. The van der Waals surface area contributed by atoms with E-state index in [9.17, 15) is 4.79 Å². The van der Waals surface area contributed by atoms with E-state index in [0.29, 0.717) is 17.7 Å². The Morgan fingerprint density at radius 3 is 2.94 bits per heavy atom. The lowest BCUT2D eigenvalue weighted by atomic mass is 10.1. The number of benzene rings is 1. The third kappa shape index (κ3) is 2.28. The van der Waals surface area contributed by atoms with Crippen molar-refractivity contribution < 1.29 is 4.79 Å². The minimum absolute atomic E-state index is 0.0571. The molecule has 2 N–H and O–H groups in total. The van der Waals surface area contributed by atoms with Crippen LogP contribution in [0, 0.1) is 6.92 Å². The van der Waals surface area contributed by atoms with E-state index in [1.807, 2.05) is 24.4 Å². The molecule has 0 saturated heterocycles. The van der Waals surface area contributed by atoms with E-state index in [1.54, 1.807) is 12.3 Å². The minimum atomic E-state index is 0.0571. The predicted octanol–water partition coefficient (Wildman–Crippen LogP) is 2.46. The first kappa shape index (κ1) is 10.8. The molecule has 0 fully saturated rings. The van der Waals surface area contributed by atoms with E-state index in [4.69, 9.17) is 5.73 Å². The average molecular weight is 232 g/mol. The van der Waals surface area contributed by atoms with Crippen LogP contribution in [0.5, 0.6) is 0 Å². The van der Waals surface area contributed by atoms with Gasteiger partial charge in [-0.2, -0.15) is 0 Å². The summed E-state index contributed by atoms with van der Waals surface area (Å²) in [4.78, 5) is 16.0. The molecule has 0 unspecified atom stereocenters. The Kier molecular flexibility index (Phi) is 3.01. The maximum absolute atomic E-state index is 11.9. The van der Waals surface area contributed by atoms with Crippen LogP contribution in [0.2, 0.25) is 0 Å². The third-order valence-electron chi connectivity index (χ3n) is 2.40. The molecule has 0 amide bonds. The van der Waals surface area contributed by atoms with Crippen LogP contribution in [-0.2, 0) is 6.42 Å². The van der Waals surface area contributed by atoms with Crippen LogP contribution in [0.3, 0.4) is 0 Å². The fourth-order valence-electron chi connectivity index (χ4n) is 1.39. The van der Waals surface area contributed by atoms with Crippen LogP contribution >= 0.6 is 11.3 Å². The minimum Gasteiger partial charge on any atom is -0.398 e. The molecule has 0 aliphatic rings. The maximum Gasteiger partial charge on any atom is 0.169 e. The number of rotatable bonds is 3. The van der Waals surface area contributed by atoms with Crippen LogP contribution in [0.25, 0.3) is 0 Å². The van der Waals surface area contributed by atoms with Crippen LogP contribution in [0.4, 0.5) is 5.69 Å². The van der Waals surface area contributed by atoms with Crippen molar-refractivity contribution in [3.63, 3.8) is 0 Å². The zero-order chi connectivity index (χ0) is 11.5. The number of hydrogen-bond acceptors (Lipinski definition) is 4. The van der Waals surface area contributed by atoms with E-state index in [0.717, 1.165) is 10.6 Å². The number of Topliss-reactive ketones (excluding diaryl/α,β-unsaturated/α-hetero) is 1. The molecule has 1 aromatic heterocycles. The Morgan fingerprint density at radius 2 is 2.31 bits per heavy atom. The van der Waals surface area contributed by atoms with Crippen molar-refractivity contribution >= 4 is 22.8 Å². The Morgan fingerprint density at radius 1 is 1.50 bits per heavy atom. The Labute approximate surface area is 97.9 Å². The normalized spacial score (nSPS) is 10.3. The van der Waals surface area contributed by atoms with Gasteiger partial charge in [0.1, 0.15) is 5.01 Å². The quantitative estimate of drug-likeness (QED) is 0.653. The smallest absolute Gasteiger partial charge is 0.169 e. The number of aromatic nitrogens is 1. The highest BCUT2D eigenvalue weighted by molar-refractivity contribution is 7.09. The lowest BCUT2D eigenvalue weighted by Gasteiger charge is -2.03. The molecule has 16 heavy (non-hydrogen) atoms. The molecule has 3 nitrogen and oxygen atoms in total. The molecule has 2 aromatic rings. The molecule has 82 valence electrons. The Hall–Kier alpha value is -1.68. The number of nitrogens with two attached hydrogens (primary N) is 1. The fraction of sp³-hybridized carbons (Fsp3) is 0.167. The molecule has 1 aromatic carbocycles. The van der Waals surface area contributed by atoms with Crippen molar-refractivity contribution in [2.75, 3.05) is 5.73 Å². The first-order valence-corrected chi connectivity index (χ1v) is 5.82. The van der Waals surface area contributed by atoms with Crippen LogP contribution < -0.4 is 5.73 Å². The second kappa shape index (κ2) is 4.45.